The summed E-state index contributed by atoms with van der Waals surface area (Å²) in [5.74, 6) is 0.823. The molecule has 0 aliphatic rings. The van der Waals surface area contributed by atoms with Crippen LogP contribution < -0.4 is 10.1 Å². The van der Waals surface area contributed by atoms with E-state index in [1.165, 1.54) is 0 Å². The minimum Gasteiger partial charge on any atom is -0.491 e. The molecule has 4 heteroatoms. The van der Waals surface area contributed by atoms with Crippen molar-refractivity contribution in [3.8, 4) is 11.8 Å². The van der Waals surface area contributed by atoms with Crippen molar-refractivity contribution in [3.63, 3.8) is 0 Å². The Bertz CT molecular complexity index is 603. The molecular weight excluding hydrogens is 264 g/mol. The van der Waals surface area contributed by atoms with Gasteiger partial charge in [-0.25, -0.2) is 0 Å². The van der Waals surface area contributed by atoms with Gasteiger partial charge in [0, 0.05) is 19.3 Å². The highest BCUT2D eigenvalue weighted by atomic mass is 16.5. The van der Waals surface area contributed by atoms with Crippen LogP contribution in [0.25, 0.3) is 0 Å². The fourth-order valence-corrected chi connectivity index (χ4v) is 1.87. The third-order valence-corrected chi connectivity index (χ3v) is 2.96. The van der Waals surface area contributed by atoms with Crippen molar-refractivity contribution in [2.45, 2.75) is 6.54 Å². The highest BCUT2D eigenvalue weighted by Gasteiger charge is 1.98. The lowest BCUT2D eigenvalue weighted by Gasteiger charge is -2.09. The van der Waals surface area contributed by atoms with Crippen LogP contribution in [0.5, 0.6) is 5.75 Å². The van der Waals surface area contributed by atoms with Gasteiger partial charge in [0.2, 0.25) is 0 Å². The van der Waals surface area contributed by atoms with Crippen LogP contribution in [-0.4, -0.2) is 20.3 Å². The quantitative estimate of drug-likeness (QED) is 0.792. The number of benzene rings is 2. The lowest BCUT2D eigenvalue weighted by Crippen LogP contribution is -2.04. The third-order valence-electron chi connectivity index (χ3n) is 2.96. The molecule has 0 aliphatic carbocycles. The molecule has 0 unspecified atom stereocenters. The molecule has 2 rings (SSSR count). The molecule has 0 radical (unpaired) electrons. The molecule has 0 fully saturated rings. The molecule has 0 amide bonds. The van der Waals surface area contributed by atoms with Gasteiger partial charge in [0.1, 0.15) is 12.4 Å². The van der Waals surface area contributed by atoms with E-state index < -0.39 is 0 Å². The second-order valence-electron chi connectivity index (χ2n) is 4.53. The number of nitriles is 1. The number of ether oxygens (including phenoxy) is 2. The van der Waals surface area contributed by atoms with Gasteiger partial charge in [-0.15, -0.1) is 0 Å². The molecule has 0 saturated heterocycles. The zero-order valence-electron chi connectivity index (χ0n) is 12.0. The zero-order valence-corrected chi connectivity index (χ0v) is 12.0. The van der Waals surface area contributed by atoms with E-state index in [0.29, 0.717) is 25.3 Å². The van der Waals surface area contributed by atoms with Crippen molar-refractivity contribution >= 4 is 5.69 Å². The Labute approximate surface area is 124 Å². The minimum absolute atomic E-state index is 0.546. The molecule has 0 bridgehead atoms. The number of nitrogens with one attached hydrogen (secondary N) is 1. The van der Waals surface area contributed by atoms with E-state index in [-0.39, 0.29) is 0 Å². The van der Waals surface area contributed by atoms with Gasteiger partial charge in [0.25, 0.3) is 0 Å². The summed E-state index contributed by atoms with van der Waals surface area (Å²) in [5.41, 5.74) is 2.77. The van der Waals surface area contributed by atoms with Gasteiger partial charge in [0.05, 0.1) is 18.2 Å². The molecular formula is C17H18N2O2. The Morgan fingerprint density at radius 3 is 2.62 bits per heavy atom. The minimum atomic E-state index is 0.546. The molecule has 1 N–H and O–H groups in total. The van der Waals surface area contributed by atoms with Crippen LogP contribution in [0.15, 0.2) is 48.5 Å². The number of hydrogen-bond donors (Lipinski definition) is 1. The van der Waals surface area contributed by atoms with E-state index in [4.69, 9.17) is 14.7 Å². The molecule has 108 valence electrons. The SMILES string of the molecule is COCCOc1ccc(NCc2cccc(C#N)c2)cc1. The maximum absolute atomic E-state index is 8.87. The topological polar surface area (TPSA) is 54.3 Å². The molecule has 0 heterocycles. The standard InChI is InChI=1S/C17H18N2O2/c1-20-9-10-21-17-7-5-16(6-8-17)19-13-15-4-2-3-14(11-15)12-18/h2-8,11,19H,9-10,13H2,1H3. The molecule has 4 nitrogen and oxygen atoms in total. The van der Waals surface area contributed by atoms with Crippen LogP contribution in [0.3, 0.4) is 0 Å². The summed E-state index contributed by atoms with van der Waals surface area (Å²) in [5, 5.41) is 12.2. The molecule has 2 aromatic rings. The van der Waals surface area contributed by atoms with Crippen molar-refractivity contribution in [2.24, 2.45) is 0 Å². The summed E-state index contributed by atoms with van der Waals surface area (Å²) < 4.78 is 10.4. The van der Waals surface area contributed by atoms with Crippen molar-refractivity contribution in [3.05, 3.63) is 59.7 Å². The second-order valence-corrected chi connectivity index (χ2v) is 4.53. The Morgan fingerprint density at radius 2 is 1.90 bits per heavy atom. The first-order chi connectivity index (χ1) is 10.3. The molecule has 2 aromatic carbocycles. The first-order valence-electron chi connectivity index (χ1n) is 6.76. The smallest absolute Gasteiger partial charge is 0.119 e. The van der Waals surface area contributed by atoms with E-state index >= 15 is 0 Å². The van der Waals surface area contributed by atoms with Gasteiger partial charge in [-0.05, 0) is 42.0 Å². The van der Waals surface area contributed by atoms with E-state index in [0.717, 1.165) is 17.0 Å². The summed E-state index contributed by atoms with van der Waals surface area (Å²) in [7, 11) is 1.65. The molecule has 0 spiro atoms. The van der Waals surface area contributed by atoms with E-state index in [9.17, 15) is 0 Å². The summed E-state index contributed by atoms with van der Waals surface area (Å²) in [4.78, 5) is 0. The van der Waals surface area contributed by atoms with E-state index in [1.54, 1.807) is 13.2 Å². The van der Waals surface area contributed by atoms with Crippen LogP contribution in [0, 0.1) is 11.3 Å². The van der Waals surface area contributed by atoms with E-state index in [2.05, 4.69) is 11.4 Å². The second kappa shape index (κ2) is 7.93. The Hall–Kier alpha value is -2.51. The van der Waals surface area contributed by atoms with Crippen molar-refractivity contribution in [1.29, 1.82) is 5.26 Å². The van der Waals surface area contributed by atoms with Crippen LogP contribution in [0.4, 0.5) is 5.69 Å². The monoisotopic (exact) mass is 282 g/mol. The van der Waals surface area contributed by atoms with Crippen LogP contribution in [-0.2, 0) is 11.3 Å². The molecule has 0 saturated carbocycles. The first-order valence-corrected chi connectivity index (χ1v) is 6.76. The average Bonchev–Trinajstić information content (AvgIpc) is 2.54. The normalized spacial score (nSPS) is 9.90. The fraction of sp³-hybridized carbons (Fsp3) is 0.235. The predicted octanol–water partition coefficient (Wildman–Crippen LogP) is 3.20. The van der Waals surface area contributed by atoms with Gasteiger partial charge < -0.3 is 14.8 Å². The number of nitrogens with zero attached hydrogens (tertiary/aromatic N) is 1. The predicted molar refractivity (Wildman–Crippen MR) is 82.3 cm³/mol. The largest absolute Gasteiger partial charge is 0.491 e. The highest BCUT2D eigenvalue weighted by molar-refractivity contribution is 5.47. The molecule has 0 atom stereocenters. The van der Waals surface area contributed by atoms with Crippen molar-refractivity contribution in [1.82, 2.24) is 0 Å². The first kappa shape index (κ1) is 14.9. The number of rotatable bonds is 7. The number of anilines is 1. The Morgan fingerprint density at radius 1 is 1.10 bits per heavy atom. The maximum Gasteiger partial charge on any atom is 0.119 e. The lowest BCUT2D eigenvalue weighted by atomic mass is 10.1. The Balaban J connectivity index is 1.87. The van der Waals surface area contributed by atoms with Gasteiger partial charge in [-0.3, -0.25) is 0 Å². The third kappa shape index (κ3) is 4.83. The van der Waals surface area contributed by atoms with Gasteiger partial charge >= 0.3 is 0 Å². The summed E-state index contributed by atoms with van der Waals surface area (Å²) in [6.07, 6.45) is 0. The number of methoxy groups -OCH3 is 1. The average molecular weight is 282 g/mol. The molecule has 21 heavy (non-hydrogen) atoms. The zero-order chi connectivity index (χ0) is 14.9. The van der Waals surface area contributed by atoms with Gasteiger partial charge in [-0.2, -0.15) is 5.26 Å². The van der Waals surface area contributed by atoms with Crippen molar-refractivity contribution in [2.75, 3.05) is 25.6 Å². The van der Waals surface area contributed by atoms with Crippen LogP contribution in [0.1, 0.15) is 11.1 Å². The molecule has 0 aliphatic heterocycles. The fourth-order valence-electron chi connectivity index (χ4n) is 1.87. The van der Waals surface area contributed by atoms with Crippen LogP contribution >= 0.6 is 0 Å². The lowest BCUT2D eigenvalue weighted by molar-refractivity contribution is 0.146. The molecule has 0 aromatic heterocycles. The highest BCUT2D eigenvalue weighted by Crippen LogP contribution is 2.16. The van der Waals surface area contributed by atoms with Crippen molar-refractivity contribution < 1.29 is 9.47 Å². The van der Waals surface area contributed by atoms with Gasteiger partial charge in [0.15, 0.2) is 0 Å². The summed E-state index contributed by atoms with van der Waals surface area (Å²) >= 11 is 0. The van der Waals surface area contributed by atoms with Gasteiger partial charge in [-0.1, -0.05) is 12.1 Å². The summed E-state index contributed by atoms with van der Waals surface area (Å²) in [6, 6.07) is 17.5. The van der Waals surface area contributed by atoms with Crippen LogP contribution in [0.2, 0.25) is 0 Å². The maximum atomic E-state index is 8.87. The Kier molecular flexibility index (Phi) is 5.62. The number of hydrogen-bond acceptors (Lipinski definition) is 4. The summed E-state index contributed by atoms with van der Waals surface area (Å²) in [6.45, 7) is 1.80. The van der Waals surface area contributed by atoms with E-state index in [1.807, 2.05) is 42.5 Å².